The maximum Gasteiger partial charge on any atom is 0.238 e. The van der Waals surface area contributed by atoms with Crippen molar-refractivity contribution in [2.45, 2.75) is 13.8 Å². The number of aryl methyl sites for hydroxylation is 2. The van der Waals surface area contributed by atoms with Crippen LogP contribution < -0.4 is 20.1 Å². The monoisotopic (exact) mass is 385 g/mol. The predicted octanol–water partition coefficient (Wildman–Crippen LogP) is 2.83. The van der Waals surface area contributed by atoms with Crippen LogP contribution in [0.3, 0.4) is 0 Å². The maximum atomic E-state index is 12.4. The van der Waals surface area contributed by atoms with E-state index in [9.17, 15) is 9.59 Å². The number of ether oxygens (including phenoxy) is 2. The normalized spacial score (nSPS) is 10.5. The van der Waals surface area contributed by atoms with E-state index >= 15 is 0 Å². The third-order valence-corrected chi connectivity index (χ3v) is 4.25. The zero-order valence-corrected chi connectivity index (χ0v) is 17.0. The average Bonchev–Trinajstić information content (AvgIpc) is 2.64. The van der Waals surface area contributed by atoms with E-state index in [0.29, 0.717) is 17.2 Å². The molecule has 0 atom stereocenters. The molecule has 2 N–H and O–H groups in total. The van der Waals surface area contributed by atoms with Crippen LogP contribution in [-0.4, -0.2) is 51.1 Å². The van der Waals surface area contributed by atoms with Crippen molar-refractivity contribution in [2.75, 3.05) is 45.0 Å². The molecule has 2 aromatic carbocycles. The van der Waals surface area contributed by atoms with Gasteiger partial charge < -0.3 is 20.1 Å². The highest BCUT2D eigenvalue weighted by molar-refractivity contribution is 5.96. The van der Waals surface area contributed by atoms with Gasteiger partial charge in [0.05, 0.1) is 33.0 Å². The molecule has 2 aromatic rings. The van der Waals surface area contributed by atoms with Crippen LogP contribution in [0, 0.1) is 13.8 Å². The van der Waals surface area contributed by atoms with Gasteiger partial charge in [-0.15, -0.1) is 0 Å². The minimum absolute atomic E-state index is 0.0561. The third kappa shape index (κ3) is 5.72. The average molecular weight is 385 g/mol. The molecule has 0 saturated carbocycles. The highest BCUT2D eigenvalue weighted by Gasteiger charge is 2.14. The summed E-state index contributed by atoms with van der Waals surface area (Å²) in [7, 11) is 4.80. The fourth-order valence-electron chi connectivity index (χ4n) is 2.84. The van der Waals surface area contributed by atoms with E-state index in [0.717, 1.165) is 16.8 Å². The minimum atomic E-state index is -0.256. The van der Waals surface area contributed by atoms with Crippen molar-refractivity contribution in [2.24, 2.45) is 0 Å². The van der Waals surface area contributed by atoms with Crippen LogP contribution in [0.15, 0.2) is 36.4 Å². The van der Waals surface area contributed by atoms with Gasteiger partial charge in [-0.25, -0.2) is 0 Å². The SMILES string of the molecule is COc1ccc(OC)c(NC(=O)CN(C)CC(=O)Nc2c(C)cccc2C)c1. The second-order valence-electron chi connectivity index (χ2n) is 6.60. The molecule has 0 fully saturated rings. The van der Waals surface area contributed by atoms with Crippen LogP contribution >= 0.6 is 0 Å². The van der Waals surface area contributed by atoms with Crippen LogP contribution in [0.2, 0.25) is 0 Å². The summed E-state index contributed by atoms with van der Waals surface area (Å²) >= 11 is 0. The Hall–Kier alpha value is -3.06. The molecule has 0 heterocycles. The lowest BCUT2D eigenvalue weighted by Gasteiger charge is -2.18. The number of para-hydroxylation sites is 1. The lowest BCUT2D eigenvalue weighted by Crippen LogP contribution is -2.36. The van der Waals surface area contributed by atoms with Gasteiger partial charge in [-0.1, -0.05) is 18.2 Å². The Morgan fingerprint density at radius 3 is 2.11 bits per heavy atom. The van der Waals surface area contributed by atoms with Gasteiger partial charge in [0.15, 0.2) is 0 Å². The number of hydrogen-bond donors (Lipinski definition) is 2. The Balaban J connectivity index is 1.93. The Bertz CT molecular complexity index is 831. The summed E-state index contributed by atoms with van der Waals surface area (Å²) in [4.78, 5) is 26.3. The topological polar surface area (TPSA) is 79.9 Å². The maximum absolute atomic E-state index is 12.4. The first kappa shape index (κ1) is 21.2. The molecular weight excluding hydrogens is 358 g/mol. The van der Waals surface area contributed by atoms with E-state index in [1.165, 1.54) is 7.11 Å². The third-order valence-electron chi connectivity index (χ3n) is 4.25. The molecule has 150 valence electrons. The van der Waals surface area contributed by atoms with Crippen molar-refractivity contribution >= 4 is 23.2 Å². The molecular formula is C21H27N3O4. The largest absolute Gasteiger partial charge is 0.497 e. The molecule has 0 aliphatic heterocycles. The van der Waals surface area contributed by atoms with E-state index in [-0.39, 0.29) is 24.9 Å². The number of benzene rings is 2. The quantitative estimate of drug-likeness (QED) is 0.730. The zero-order chi connectivity index (χ0) is 20.7. The molecule has 0 saturated heterocycles. The Morgan fingerprint density at radius 1 is 0.929 bits per heavy atom. The number of rotatable bonds is 8. The molecule has 0 spiro atoms. The fourth-order valence-corrected chi connectivity index (χ4v) is 2.84. The van der Waals surface area contributed by atoms with Gasteiger partial charge in [-0.05, 0) is 44.2 Å². The van der Waals surface area contributed by atoms with Crippen LogP contribution in [-0.2, 0) is 9.59 Å². The molecule has 2 amide bonds. The lowest BCUT2D eigenvalue weighted by molar-refractivity contribution is -0.119. The van der Waals surface area contributed by atoms with E-state index in [1.54, 1.807) is 37.3 Å². The first-order valence-electron chi connectivity index (χ1n) is 8.90. The summed E-state index contributed by atoms with van der Waals surface area (Å²) in [5.74, 6) is 0.711. The van der Waals surface area contributed by atoms with Crippen LogP contribution in [0.1, 0.15) is 11.1 Å². The fraction of sp³-hybridized carbons (Fsp3) is 0.333. The van der Waals surface area contributed by atoms with E-state index in [4.69, 9.17) is 9.47 Å². The zero-order valence-electron chi connectivity index (χ0n) is 17.0. The number of amides is 2. The summed E-state index contributed by atoms with van der Waals surface area (Å²) in [6, 6.07) is 11.0. The molecule has 2 rings (SSSR count). The number of anilines is 2. The second-order valence-corrected chi connectivity index (χ2v) is 6.60. The number of nitrogens with zero attached hydrogens (tertiary/aromatic N) is 1. The number of carbonyl (C=O) groups is 2. The van der Waals surface area contributed by atoms with Gasteiger partial charge in [0.25, 0.3) is 0 Å². The van der Waals surface area contributed by atoms with Crippen molar-refractivity contribution in [3.63, 3.8) is 0 Å². The summed E-state index contributed by atoms with van der Waals surface area (Å²) in [5, 5.41) is 5.71. The number of hydrogen-bond acceptors (Lipinski definition) is 5. The standard InChI is InChI=1S/C21H27N3O4/c1-14-7-6-8-15(2)21(14)23-20(26)13-24(3)12-19(25)22-17-11-16(27-4)9-10-18(17)28-5/h6-11H,12-13H2,1-5H3,(H,22,25)(H,23,26). The number of methoxy groups -OCH3 is 2. The predicted molar refractivity (Wildman–Crippen MR) is 110 cm³/mol. The summed E-state index contributed by atoms with van der Waals surface area (Å²) < 4.78 is 10.4. The molecule has 0 aliphatic rings. The molecule has 7 nitrogen and oxygen atoms in total. The summed E-state index contributed by atoms with van der Waals surface area (Å²) in [6.07, 6.45) is 0. The van der Waals surface area contributed by atoms with Gasteiger partial charge in [-0.3, -0.25) is 14.5 Å². The molecule has 28 heavy (non-hydrogen) atoms. The van der Waals surface area contributed by atoms with Gasteiger partial charge in [0.1, 0.15) is 11.5 Å². The summed E-state index contributed by atoms with van der Waals surface area (Å²) in [6.45, 7) is 4.04. The van der Waals surface area contributed by atoms with E-state index < -0.39 is 0 Å². The highest BCUT2D eigenvalue weighted by Crippen LogP contribution is 2.28. The second kappa shape index (κ2) is 9.75. The van der Waals surface area contributed by atoms with Crippen LogP contribution in [0.5, 0.6) is 11.5 Å². The molecule has 7 heteroatoms. The van der Waals surface area contributed by atoms with Crippen molar-refractivity contribution in [3.8, 4) is 11.5 Å². The number of nitrogens with one attached hydrogen (secondary N) is 2. The molecule has 0 radical (unpaired) electrons. The molecule has 0 bridgehead atoms. The van der Waals surface area contributed by atoms with Crippen molar-refractivity contribution in [1.29, 1.82) is 0 Å². The van der Waals surface area contributed by atoms with Crippen molar-refractivity contribution in [1.82, 2.24) is 4.90 Å². The highest BCUT2D eigenvalue weighted by atomic mass is 16.5. The van der Waals surface area contributed by atoms with Gasteiger partial charge in [0.2, 0.25) is 11.8 Å². The first-order valence-corrected chi connectivity index (χ1v) is 8.90. The van der Waals surface area contributed by atoms with Crippen molar-refractivity contribution < 1.29 is 19.1 Å². The summed E-state index contributed by atoms with van der Waals surface area (Å²) in [5.41, 5.74) is 3.32. The van der Waals surface area contributed by atoms with Crippen LogP contribution in [0.4, 0.5) is 11.4 Å². The van der Waals surface area contributed by atoms with Gasteiger partial charge in [-0.2, -0.15) is 0 Å². The number of carbonyl (C=O) groups excluding carboxylic acids is 2. The smallest absolute Gasteiger partial charge is 0.238 e. The lowest BCUT2D eigenvalue weighted by atomic mass is 10.1. The van der Waals surface area contributed by atoms with Crippen molar-refractivity contribution in [3.05, 3.63) is 47.5 Å². The Morgan fingerprint density at radius 2 is 1.54 bits per heavy atom. The number of likely N-dealkylation sites (N-methyl/N-ethyl adjacent to an activating group) is 1. The first-order chi connectivity index (χ1) is 13.3. The molecule has 0 aromatic heterocycles. The van der Waals surface area contributed by atoms with Gasteiger partial charge >= 0.3 is 0 Å². The Kier molecular flexibility index (Phi) is 7.40. The van der Waals surface area contributed by atoms with E-state index in [1.807, 2.05) is 32.0 Å². The van der Waals surface area contributed by atoms with Gasteiger partial charge in [0, 0.05) is 11.8 Å². The van der Waals surface area contributed by atoms with E-state index in [2.05, 4.69) is 10.6 Å². The Labute approximate surface area is 165 Å². The minimum Gasteiger partial charge on any atom is -0.497 e. The van der Waals surface area contributed by atoms with Crippen LogP contribution in [0.25, 0.3) is 0 Å². The molecule has 0 aliphatic carbocycles. The molecule has 0 unspecified atom stereocenters.